The summed E-state index contributed by atoms with van der Waals surface area (Å²) < 4.78 is -0.721. The van der Waals surface area contributed by atoms with Crippen LogP contribution in [0.1, 0.15) is 15.9 Å². The van der Waals surface area contributed by atoms with Crippen LogP contribution in [0.5, 0.6) is 0 Å². The standard InChI is InChI=1S/C11H9Cl3N2O/c1-6-3-8-9(4-7(6)2)16(5-15-8)10(17)11(12,13)14/h3-5H,1-2H3. The third-order valence-electron chi connectivity index (χ3n) is 2.62. The van der Waals surface area contributed by atoms with Crippen molar-refractivity contribution < 1.29 is 4.79 Å². The van der Waals surface area contributed by atoms with Crippen molar-refractivity contribution in [3.63, 3.8) is 0 Å². The Hall–Kier alpha value is -0.770. The Morgan fingerprint density at radius 2 is 1.82 bits per heavy atom. The van der Waals surface area contributed by atoms with Crippen LogP contribution in [0.15, 0.2) is 18.5 Å². The molecule has 0 radical (unpaired) electrons. The molecule has 6 heteroatoms. The lowest BCUT2D eigenvalue weighted by molar-refractivity contribution is 0.0922. The summed E-state index contributed by atoms with van der Waals surface area (Å²) in [7, 11) is 0. The number of rotatable bonds is 0. The highest BCUT2D eigenvalue weighted by atomic mass is 35.6. The van der Waals surface area contributed by atoms with Crippen LogP contribution < -0.4 is 0 Å². The van der Waals surface area contributed by atoms with Gasteiger partial charge in [-0.05, 0) is 37.1 Å². The van der Waals surface area contributed by atoms with E-state index in [0.717, 1.165) is 11.1 Å². The van der Waals surface area contributed by atoms with Crippen molar-refractivity contribution in [2.24, 2.45) is 0 Å². The lowest BCUT2D eigenvalue weighted by atomic mass is 10.1. The van der Waals surface area contributed by atoms with Gasteiger partial charge in [-0.3, -0.25) is 9.36 Å². The van der Waals surface area contributed by atoms with Crippen molar-refractivity contribution >= 4 is 51.7 Å². The quantitative estimate of drug-likeness (QED) is 0.694. The SMILES string of the molecule is Cc1cc2ncn(C(=O)C(Cl)(Cl)Cl)c2cc1C. The van der Waals surface area contributed by atoms with Gasteiger partial charge in [0.15, 0.2) is 0 Å². The normalized spacial score (nSPS) is 12.1. The molecule has 1 aromatic heterocycles. The number of aryl methyl sites for hydroxylation is 2. The molecule has 1 aromatic carbocycles. The minimum atomic E-state index is -1.98. The number of carbonyl (C=O) groups is 1. The van der Waals surface area contributed by atoms with E-state index < -0.39 is 9.70 Å². The Bertz CT molecular complexity index is 599. The largest absolute Gasteiger partial charge is 0.284 e. The first kappa shape index (κ1) is 12.7. The minimum absolute atomic E-state index is 0.631. The number of alkyl halides is 3. The number of nitrogens with zero attached hydrogens (tertiary/aromatic N) is 2. The van der Waals surface area contributed by atoms with Gasteiger partial charge in [0.25, 0.3) is 9.70 Å². The van der Waals surface area contributed by atoms with E-state index in [1.165, 1.54) is 10.9 Å². The number of imidazole rings is 1. The van der Waals surface area contributed by atoms with Gasteiger partial charge in [-0.2, -0.15) is 0 Å². The summed E-state index contributed by atoms with van der Waals surface area (Å²) in [6.07, 6.45) is 1.37. The summed E-state index contributed by atoms with van der Waals surface area (Å²) in [5.41, 5.74) is 3.50. The number of halogens is 3. The maximum absolute atomic E-state index is 11.9. The van der Waals surface area contributed by atoms with E-state index in [0.29, 0.717) is 11.0 Å². The predicted molar refractivity (Wildman–Crippen MR) is 70.1 cm³/mol. The third kappa shape index (κ3) is 2.28. The summed E-state index contributed by atoms with van der Waals surface area (Å²) in [6.45, 7) is 3.93. The van der Waals surface area contributed by atoms with Crippen LogP contribution in [0.25, 0.3) is 11.0 Å². The average Bonchev–Trinajstić information content (AvgIpc) is 2.59. The summed E-state index contributed by atoms with van der Waals surface area (Å²) in [4.78, 5) is 16.0. The summed E-state index contributed by atoms with van der Waals surface area (Å²) in [5, 5.41) is 0. The van der Waals surface area contributed by atoms with Gasteiger partial charge in [-0.1, -0.05) is 34.8 Å². The van der Waals surface area contributed by atoms with Gasteiger partial charge >= 0.3 is 0 Å². The topological polar surface area (TPSA) is 34.9 Å². The smallest absolute Gasteiger partial charge is 0.269 e. The molecule has 0 aliphatic heterocycles. The second kappa shape index (κ2) is 4.16. The fraction of sp³-hybridized carbons (Fsp3) is 0.273. The van der Waals surface area contributed by atoms with Crippen LogP contribution >= 0.6 is 34.8 Å². The molecule has 0 N–H and O–H groups in total. The number of hydrogen-bond donors (Lipinski definition) is 0. The van der Waals surface area contributed by atoms with Crippen molar-refractivity contribution in [2.45, 2.75) is 17.6 Å². The minimum Gasteiger partial charge on any atom is -0.269 e. The first-order valence-corrected chi connectivity index (χ1v) is 6.00. The molecule has 17 heavy (non-hydrogen) atoms. The van der Waals surface area contributed by atoms with Gasteiger partial charge in [-0.25, -0.2) is 4.98 Å². The molecule has 90 valence electrons. The van der Waals surface area contributed by atoms with E-state index in [2.05, 4.69) is 4.98 Å². The molecule has 0 bridgehead atoms. The highest BCUT2D eigenvalue weighted by Crippen LogP contribution is 2.30. The molecule has 0 unspecified atom stereocenters. The lowest BCUT2D eigenvalue weighted by Gasteiger charge is -2.10. The van der Waals surface area contributed by atoms with E-state index in [9.17, 15) is 4.79 Å². The fourth-order valence-corrected chi connectivity index (χ4v) is 1.84. The highest BCUT2D eigenvalue weighted by Gasteiger charge is 2.33. The van der Waals surface area contributed by atoms with Gasteiger partial charge in [0.2, 0.25) is 0 Å². The molecule has 1 heterocycles. The van der Waals surface area contributed by atoms with E-state index in [1.54, 1.807) is 0 Å². The lowest BCUT2D eigenvalue weighted by Crippen LogP contribution is -2.25. The van der Waals surface area contributed by atoms with Gasteiger partial charge in [0.1, 0.15) is 6.33 Å². The van der Waals surface area contributed by atoms with E-state index in [4.69, 9.17) is 34.8 Å². The summed E-state index contributed by atoms with van der Waals surface area (Å²) in [6, 6.07) is 3.75. The van der Waals surface area contributed by atoms with Crippen LogP contribution in [0.3, 0.4) is 0 Å². The highest BCUT2D eigenvalue weighted by molar-refractivity contribution is 6.76. The van der Waals surface area contributed by atoms with Crippen molar-refractivity contribution in [2.75, 3.05) is 0 Å². The monoisotopic (exact) mass is 290 g/mol. The maximum atomic E-state index is 11.9. The van der Waals surface area contributed by atoms with Crippen molar-refractivity contribution in [3.8, 4) is 0 Å². The second-order valence-electron chi connectivity index (χ2n) is 3.84. The molecule has 2 aromatic rings. The Balaban J connectivity index is 2.65. The van der Waals surface area contributed by atoms with Gasteiger partial charge in [0.05, 0.1) is 11.0 Å². The van der Waals surface area contributed by atoms with Crippen molar-refractivity contribution in [1.29, 1.82) is 0 Å². The Labute approximate surface area is 113 Å². The van der Waals surface area contributed by atoms with Crippen LogP contribution in [-0.2, 0) is 0 Å². The fourth-order valence-electron chi connectivity index (χ4n) is 1.56. The molecular weight excluding hydrogens is 282 g/mol. The van der Waals surface area contributed by atoms with Gasteiger partial charge in [0, 0.05) is 0 Å². The zero-order valence-corrected chi connectivity index (χ0v) is 11.4. The van der Waals surface area contributed by atoms with E-state index in [1.807, 2.05) is 26.0 Å². The number of hydrogen-bond acceptors (Lipinski definition) is 2. The Kier molecular flexibility index (Phi) is 3.10. The number of carbonyl (C=O) groups excluding carboxylic acids is 1. The van der Waals surface area contributed by atoms with Crippen LogP contribution in [0.4, 0.5) is 0 Å². The molecule has 0 fully saturated rings. The van der Waals surface area contributed by atoms with Crippen LogP contribution in [-0.4, -0.2) is 19.3 Å². The van der Waals surface area contributed by atoms with Gasteiger partial charge in [-0.15, -0.1) is 0 Å². The zero-order chi connectivity index (χ0) is 12.8. The third-order valence-corrected chi connectivity index (χ3v) is 3.11. The molecule has 0 spiro atoms. The average molecular weight is 292 g/mol. The molecular formula is C11H9Cl3N2O. The Morgan fingerprint density at radius 1 is 1.24 bits per heavy atom. The van der Waals surface area contributed by atoms with Crippen LogP contribution in [0.2, 0.25) is 0 Å². The number of fused-ring (bicyclic) bond motifs is 1. The first-order valence-electron chi connectivity index (χ1n) is 4.86. The molecule has 3 nitrogen and oxygen atoms in total. The van der Waals surface area contributed by atoms with Gasteiger partial charge < -0.3 is 0 Å². The first-order chi connectivity index (χ1) is 7.80. The molecule has 0 aliphatic rings. The maximum Gasteiger partial charge on any atom is 0.284 e. The summed E-state index contributed by atoms with van der Waals surface area (Å²) >= 11 is 16.7. The molecule has 2 rings (SSSR count). The molecule has 0 atom stereocenters. The molecule has 0 saturated heterocycles. The predicted octanol–water partition coefficient (Wildman–Crippen LogP) is 3.66. The molecule has 0 aliphatic carbocycles. The zero-order valence-electron chi connectivity index (χ0n) is 9.17. The number of aromatic nitrogens is 2. The molecule has 0 amide bonds. The number of benzene rings is 1. The Morgan fingerprint density at radius 3 is 2.41 bits per heavy atom. The van der Waals surface area contributed by atoms with E-state index in [-0.39, 0.29) is 0 Å². The molecule has 0 saturated carbocycles. The van der Waals surface area contributed by atoms with Crippen LogP contribution in [0, 0.1) is 13.8 Å². The van der Waals surface area contributed by atoms with Crippen molar-refractivity contribution in [1.82, 2.24) is 9.55 Å². The van der Waals surface area contributed by atoms with Crippen molar-refractivity contribution in [3.05, 3.63) is 29.6 Å². The summed E-state index contributed by atoms with van der Waals surface area (Å²) in [5.74, 6) is -0.631. The van der Waals surface area contributed by atoms with E-state index >= 15 is 0 Å². The second-order valence-corrected chi connectivity index (χ2v) is 6.12.